The van der Waals surface area contributed by atoms with E-state index < -0.39 is 0 Å². The second-order valence-corrected chi connectivity index (χ2v) is 7.27. The molecule has 156 valence electrons. The second-order valence-electron chi connectivity index (χ2n) is 7.27. The number of nitrogens with one attached hydrogen (secondary N) is 1. The van der Waals surface area contributed by atoms with Crippen LogP contribution in [0.2, 0.25) is 0 Å². The van der Waals surface area contributed by atoms with Crippen LogP contribution in [-0.2, 0) is 13.0 Å². The summed E-state index contributed by atoms with van der Waals surface area (Å²) in [6, 6.07) is 24.6. The van der Waals surface area contributed by atoms with E-state index in [-0.39, 0.29) is 0 Å². The van der Waals surface area contributed by atoms with Gasteiger partial charge in [-0.3, -0.25) is 10.7 Å². The molecule has 0 radical (unpaired) electrons. The summed E-state index contributed by atoms with van der Waals surface area (Å²) < 4.78 is 7.63. The quantitative estimate of drug-likeness (QED) is 0.299. The summed E-state index contributed by atoms with van der Waals surface area (Å²) in [5, 5.41) is 8.93. The molecule has 1 aromatic heterocycles. The first-order valence-electron chi connectivity index (χ1n) is 10.1. The first-order chi connectivity index (χ1) is 15.2. The van der Waals surface area contributed by atoms with Crippen molar-refractivity contribution < 1.29 is 9.94 Å². The van der Waals surface area contributed by atoms with Crippen LogP contribution in [0.1, 0.15) is 11.1 Å². The number of rotatable bonds is 8. The largest absolute Gasteiger partial charge is 0.497 e. The van der Waals surface area contributed by atoms with Gasteiger partial charge in [0.1, 0.15) is 11.6 Å². The van der Waals surface area contributed by atoms with Crippen molar-refractivity contribution in [2.75, 3.05) is 7.11 Å². The molecule has 0 saturated carbocycles. The van der Waals surface area contributed by atoms with Crippen LogP contribution in [0.5, 0.6) is 5.75 Å². The van der Waals surface area contributed by atoms with Crippen molar-refractivity contribution >= 4 is 17.1 Å². The summed E-state index contributed by atoms with van der Waals surface area (Å²) in [5.74, 6) is 1.80. The predicted octanol–water partition coefficient (Wildman–Crippen LogP) is 5.46. The highest BCUT2D eigenvalue weighted by Crippen LogP contribution is 2.27. The van der Waals surface area contributed by atoms with E-state index in [1.165, 1.54) is 5.56 Å². The number of hydrogen-bond acceptors (Lipinski definition) is 4. The van der Waals surface area contributed by atoms with E-state index in [1.54, 1.807) is 13.2 Å². The van der Waals surface area contributed by atoms with Gasteiger partial charge in [0.25, 0.3) is 0 Å². The lowest BCUT2D eigenvalue weighted by Gasteiger charge is -2.11. The van der Waals surface area contributed by atoms with Crippen molar-refractivity contribution in [2.24, 2.45) is 0 Å². The van der Waals surface area contributed by atoms with E-state index in [9.17, 15) is 0 Å². The van der Waals surface area contributed by atoms with E-state index in [4.69, 9.17) is 14.9 Å². The Kier molecular flexibility index (Phi) is 6.15. The highest BCUT2D eigenvalue weighted by molar-refractivity contribution is 5.81. The summed E-state index contributed by atoms with van der Waals surface area (Å²) >= 11 is 0. The number of hydroxylamine groups is 1. The van der Waals surface area contributed by atoms with Crippen LogP contribution >= 0.6 is 0 Å². The molecule has 5 nitrogen and oxygen atoms in total. The normalized spacial score (nSPS) is 11.2. The Bertz CT molecular complexity index is 1240. The number of aryl methyl sites for hydroxylation is 2. The van der Waals surface area contributed by atoms with Crippen LogP contribution in [0.15, 0.2) is 91.1 Å². The van der Waals surface area contributed by atoms with Gasteiger partial charge in [-0.25, -0.2) is 4.98 Å². The Hall–Kier alpha value is -3.83. The van der Waals surface area contributed by atoms with Crippen molar-refractivity contribution in [3.63, 3.8) is 0 Å². The van der Waals surface area contributed by atoms with Gasteiger partial charge < -0.3 is 9.30 Å². The van der Waals surface area contributed by atoms with E-state index in [2.05, 4.69) is 41.5 Å². The molecule has 0 spiro atoms. The van der Waals surface area contributed by atoms with Gasteiger partial charge in [0.15, 0.2) is 0 Å². The Morgan fingerprint density at radius 3 is 2.77 bits per heavy atom. The van der Waals surface area contributed by atoms with E-state index in [0.29, 0.717) is 5.70 Å². The van der Waals surface area contributed by atoms with Gasteiger partial charge in [0.2, 0.25) is 0 Å². The van der Waals surface area contributed by atoms with Gasteiger partial charge in [-0.15, -0.1) is 0 Å². The Morgan fingerprint density at radius 1 is 1.10 bits per heavy atom. The third-order valence-electron chi connectivity index (χ3n) is 5.18. The molecule has 5 heteroatoms. The maximum absolute atomic E-state index is 8.93. The molecule has 4 rings (SSSR count). The summed E-state index contributed by atoms with van der Waals surface area (Å²) in [6.45, 7) is 4.50. The first-order valence-corrected chi connectivity index (χ1v) is 10.1. The topological polar surface area (TPSA) is 59.3 Å². The minimum atomic E-state index is 0.427. The maximum Gasteiger partial charge on any atom is 0.141 e. The number of imidazole rings is 1. The average Bonchev–Trinajstić information content (AvgIpc) is 3.20. The third kappa shape index (κ3) is 4.68. The first kappa shape index (κ1) is 20.4. The zero-order chi connectivity index (χ0) is 21.6. The number of para-hydroxylation sites is 2. The molecular formula is C26H25N3O2. The van der Waals surface area contributed by atoms with Crippen LogP contribution in [0.4, 0.5) is 0 Å². The minimum Gasteiger partial charge on any atom is -0.497 e. The third-order valence-corrected chi connectivity index (χ3v) is 5.18. The fraction of sp³-hybridized carbons (Fsp3) is 0.115. The number of ether oxygens (including phenoxy) is 1. The Balaban J connectivity index is 1.70. The van der Waals surface area contributed by atoms with Crippen molar-refractivity contribution in [3.8, 4) is 17.1 Å². The molecule has 0 fully saturated rings. The maximum atomic E-state index is 8.93. The second kappa shape index (κ2) is 9.32. The predicted molar refractivity (Wildman–Crippen MR) is 125 cm³/mol. The SMILES string of the molecule is C=C(/C=C/c1cccc(-c2nc3ccccc3n2CCc2cccc(OC)c2)c1)NO. The smallest absolute Gasteiger partial charge is 0.141 e. The molecule has 0 amide bonds. The molecule has 0 saturated heterocycles. The molecule has 0 bridgehead atoms. The minimum absolute atomic E-state index is 0.427. The van der Waals surface area contributed by atoms with Crippen molar-refractivity contribution in [1.29, 1.82) is 0 Å². The molecule has 0 aliphatic carbocycles. The fourth-order valence-corrected chi connectivity index (χ4v) is 3.61. The number of allylic oxidation sites excluding steroid dienone is 1. The average molecular weight is 412 g/mol. The monoisotopic (exact) mass is 411 g/mol. The van der Waals surface area contributed by atoms with Crippen molar-refractivity contribution in [1.82, 2.24) is 15.0 Å². The van der Waals surface area contributed by atoms with E-state index >= 15 is 0 Å². The van der Waals surface area contributed by atoms with Gasteiger partial charge in [-0.1, -0.05) is 55.1 Å². The summed E-state index contributed by atoms with van der Waals surface area (Å²) in [5.41, 5.74) is 7.80. The van der Waals surface area contributed by atoms with Crippen LogP contribution in [-0.4, -0.2) is 21.9 Å². The van der Waals surface area contributed by atoms with Gasteiger partial charge in [0, 0.05) is 12.1 Å². The van der Waals surface area contributed by atoms with Gasteiger partial charge >= 0.3 is 0 Å². The lowest BCUT2D eigenvalue weighted by Crippen LogP contribution is -2.04. The van der Waals surface area contributed by atoms with Crippen LogP contribution in [0.3, 0.4) is 0 Å². The highest BCUT2D eigenvalue weighted by Gasteiger charge is 2.13. The number of methoxy groups -OCH3 is 1. The van der Waals surface area contributed by atoms with E-state index in [1.807, 2.05) is 54.0 Å². The molecule has 1 heterocycles. The number of fused-ring (bicyclic) bond motifs is 1. The highest BCUT2D eigenvalue weighted by atomic mass is 16.5. The fourth-order valence-electron chi connectivity index (χ4n) is 3.61. The van der Waals surface area contributed by atoms with Gasteiger partial charge in [-0.05, 0) is 54.0 Å². The summed E-state index contributed by atoms with van der Waals surface area (Å²) in [7, 11) is 1.69. The van der Waals surface area contributed by atoms with Crippen molar-refractivity contribution in [3.05, 3.63) is 102 Å². The molecule has 2 N–H and O–H groups in total. The summed E-state index contributed by atoms with van der Waals surface area (Å²) in [4.78, 5) is 4.93. The standard InChI is InChI=1S/C26H25N3O2/c1-19(28-30)13-14-20-7-5-9-22(17-20)26-27-24-11-3-4-12-25(24)29(26)16-15-21-8-6-10-23(18-21)31-2/h3-14,17-18,28,30H,1,15-16H2,2H3/b14-13+. The zero-order valence-corrected chi connectivity index (χ0v) is 17.5. The van der Waals surface area contributed by atoms with Crippen LogP contribution in [0.25, 0.3) is 28.5 Å². The molecule has 31 heavy (non-hydrogen) atoms. The van der Waals surface area contributed by atoms with Gasteiger partial charge in [0.05, 0.1) is 23.8 Å². The molecule has 0 atom stereocenters. The molecule has 0 unspecified atom stereocenters. The molecule has 0 aliphatic rings. The Morgan fingerprint density at radius 2 is 1.94 bits per heavy atom. The number of nitrogens with zero attached hydrogens (tertiary/aromatic N) is 2. The molecule has 3 aromatic carbocycles. The van der Waals surface area contributed by atoms with E-state index in [0.717, 1.165) is 46.7 Å². The van der Waals surface area contributed by atoms with Crippen LogP contribution in [0, 0.1) is 0 Å². The summed E-state index contributed by atoms with van der Waals surface area (Å²) in [6.07, 6.45) is 4.50. The zero-order valence-electron chi connectivity index (χ0n) is 17.5. The lowest BCUT2D eigenvalue weighted by molar-refractivity contribution is 0.205. The number of hydrogen-bond donors (Lipinski definition) is 2. The molecule has 0 aliphatic heterocycles. The lowest BCUT2D eigenvalue weighted by atomic mass is 10.1. The molecule has 4 aromatic rings. The van der Waals surface area contributed by atoms with Crippen LogP contribution < -0.4 is 10.2 Å². The number of benzene rings is 3. The van der Waals surface area contributed by atoms with Crippen molar-refractivity contribution in [2.45, 2.75) is 13.0 Å². The number of aromatic nitrogens is 2. The van der Waals surface area contributed by atoms with Gasteiger partial charge in [-0.2, -0.15) is 0 Å². The Labute approximate surface area is 181 Å². The molecular weight excluding hydrogens is 386 g/mol.